The second kappa shape index (κ2) is 10.1. The molecule has 0 saturated heterocycles. The lowest BCUT2D eigenvalue weighted by molar-refractivity contribution is -0.697. The molecule has 3 N–H and O–H groups in total. The van der Waals surface area contributed by atoms with Gasteiger partial charge in [-0.25, -0.2) is 8.78 Å². The predicted molar refractivity (Wildman–Crippen MR) is 111 cm³/mol. The van der Waals surface area contributed by atoms with E-state index >= 15 is 0 Å². The molecule has 144 valence electrons. The normalized spacial score (nSPS) is 12.5. The number of ether oxygens (including phenoxy) is 1. The van der Waals surface area contributed by atoms with Gasteiger partial charge in [0, 0.05) is 23.9 Å². The lowest BCUT2D eigenvalue weighted by Crippen LogP contribution is -2.35. The molecule has 0 saturated carbocycles. The molecule has 1 heterocycles. The first-order chi connectivity index (χ1) is 12.9. The number of rotatable bonds is 7. The Morgan fingerprint density at radius 2 is 1.96 bits per heavy atom. The maximum Gasteiger partial charge on any atom is 0.266 e. The maximum absolute atomic E-state index is 12.2. The van der Waals surface area contributed by atoms with E-state index in [1.165, 1.54) is 0 Å². The number of aryl methyl sites for hydroxylation is 1. The van der Waals surface area contributed by atoms with Gasteiger partial charge in [-0.05, 0) is 43.4 Å². The molecule has 8 heteroatoms. The number of nitrogens with zero attached hydrogens (tertiary/aromatic N) is 1. The monoisotopic (exact) mass is 406 g/mol. The van der Waals surface area contributed by atoms with Crippen molar-refractivity contribution in [2.45, 2.75) is 27.3 Å². The molecule has 1 aromatic heterocycles. The predicted octanol–water partition coefficient (Wildman–Crippen LogP) is 3.58. The molecule has 1 unspecified atom stereocenters. The number of hydrogen-bond donors (Lipinski definition) is 2. The summed E-state index contributed by atoms with van der Waals surface area (Å²) in [6, 6.07) is 8.99. The van der Waals surface area contributed by atoms with Gasteiger partial charge in [0.1, 0.15) is 18.1 Å². The fraction of sp³-hybridized carbons (Fsp3) is 0.263. The van der Waals surface area contributed by atoms with Gasteiger partial charge in [0.15, 0.2) is 23.3 Å². The molecule has 2 aromatic rings. The second-order valence-corrected chi connectivity index (χ2v) is 8.37. The molecule has 0 amide bonds. The quantitative estimate of drug-likeness (QED) is 0.417. The van der Waals surface area contributed by atoms with Crippen molar-refractivity contribution < 1.29 is 17.7 Å². The van der Waals surface area contributed by atoms with Crippen LogP contribution in [-0.4, -0.2) is 15.2 Å². The first kappa shape index (κ1) is 21.0. The van der Waals surface area contributed by atoms with E-state index in [1.807, 2.05) is 62.0 Å². The van der Waals surface area contributed by atoms with E-state index in [0.29, 0.717) is 30.3 Å². The van der Waals surface area contributed by atoms with Crippen LogP contribution < -0.4 is 19.2 Å². The van der Waals surface area contributed by atoms with Crippen LogP contribution in [0.5, 0.6) is 11.5 Å². The van der Waals surface area contributed by atoms with E-state index in [4.69, 9.17) is 20.1 Å². The van der Waals surface area contributed by atoms with E-state index in [-0.39, 0.29) is 4.38 Å². The Bertz CT molecular complexity index is 852. The molecule has 1 aromatic carbocycles. The highest BCUT2D eigenvalue weighted by Gasteiger charge is 2.13. The molecule has 2 rings (SSSR count). The van der Waals surface area contributed by atoms with Crippen LogP contribution in [0.3, 0.4) is 0 Å². The zero-order chi connectivity index (χ0) is 19.8. The number of nitrogen functional groups attached to an aromatic ring is 1. The molecular weight excluding hydrogens is 382 g/mol. The van der Waals surface area contributed by atoms with Crippen LogP contribution in [0.4, 0.5) is 5.69 Å². The van der Waals surface area contributed by atoms with Gasteiger partial charge in [-0.3, -0.25) is 5.41 Å². The van der Waals surface area contributed by atoms with Crippen molar-refractivity contribution in [3.8, 4) is 11.5 Å². The zero-order valence-corrected chi connectivity index (χ0v) is 17.2. The average molecular weight is 407 g/mol. The summed E-state index contributed by atoms with van der Waals surface area (Å²) in [5.41, 5.74) is 7.31. The number of nitrogens with two attached hydrogens (primary N) is 1. The largest absolute Gasteiger partial charge is 0.487 e. The highest BCUT2D eigenvalue weighted by atomic mass is 32.2. The highest BCUT2D eigenvalue weighted by Crippen LogP contribution is 2.25. The van der Waals surface area contributed by atoms with Crippen molar-refractivity contribution in [2.24, 2.45) is 0 Å². The number of allylic oxidation sites excluding steroid dienone is 2. The number of aromatic nitrogens is 1. The van der Waals surface area contributed by atoms with Crippen molar-refractivity contribution >= 4 is 32.9 Å². The van der Waals surface area contributed by atoms with Crippen LogP contribution in [0.2, 0.25) is 0 Å². The fourth-order valence-electron chi connectivity index (χ4n) is 2.10. The maximum atomic E-state index is 12.2. The molecule has 0 aliphatic heterocycles. The third-order valence-corrected chi connectivity index (χ3v) is 5.59. The Hall–Kier alpha value is -2.32. The van der Waals surface area contributed by atoms with Gasteiger partial charge in [0.25, 0.3) is 11.1 Å². The van der Waals surface area contributed by atoms with Crippen molar-refractivity contribution in [2.75, 3.05) is 12.3 Å². The summed E-state index contributed by atoms with van der Waals surface area (Å²) in [7, 11) is 0. The Morgan fingerprint density at radius 3 is 2.63 bits per heavy atom. The molecule has 0 bridgehead atoms. The van der Waals surface area contributed by atoms with E-state index < -0.39 is 11.1 Å². The number of anilines is 1. The summed E-state index contributed by atoms with van der Waals surface area (Å²) in [4.78, 5) is 0.894. The molecule has 0 fully saturated rings. The number of nitrogens with one attached hydrogen (secondary N) is 1. The van der Waals surface area contributed by atoms with Crippen LogP contribution in [0.15, 0.2) is 53.7 Å². The number of thioether (sulfide) groups is 1. The van der Waals surface area contributed by atoms with E-state index in [0.717, 1.165) is 22.2 Å². The lowest BCUT2D eigenvalue weighted by atomic mass is 10.2. The minimum Gasteiger partial charge on any atom is -0.487 e. The Labute approximate surface area is 166 Å². The minimum atomic E-state index is -1.86. The van der Waals surface area contributed by atoms with Crippen LogP contribution in [0.25, 0.3) is 0 Å². The molecular formula is C19H24N3O3S2+. The average Bonchev–Trinajstić information content (AvgIpc) is 2.62. The SMILES string of the molecule is C/C=C(\C)SC(=N)S(=O)Oc1cc(C)cc(OCC[n+]2ccc(N)cc2)c1. The molecule has 0 radical (unpaired) electrons. The topological polar surface area (TPSA) is 89.3 Å². The Kier molecular flexibility index (Phi) is 7.87. The summed E-state index contributed by atoms with van der Waals surface area (Å²) in [6.45, 7) is 6.76. The van der Waals surface area contributed by atoms with Crippen LogP contribution in [0.1, 0.15) is 19.4 Å². The van der Waals surface area contributed by atoms with Crippen LogP contribution in [0, 0.1) is 12.3 Å². The van der Waals surface area contributed by atoms with Gasteiger partial charge < -0.3 is 14.7 Å². The fourth-order valence-corrected chi connectivity index (χ4v) is 3.62. The molecule has 27 heavy (non-hydrogen) atoms. The van der Waals surface area contributed by atoms with Gasteiger partial charge >= 0.3 is 0 Å². The van der Waals surface area contributed by atoms with Crippen molar-refractivity contribution in [1.29, 1.82) is 5.41 Å². The third-order valence-electron chi connectivity index (χ3n) is 3.54. The van der Waals surface area contributed by atoms with Crippen molar-refractivity contribution in [1.82, 2.24) is 0 Å². The minimum absolute atomic E-state index is 0.0469. The zero-order valence-electron chi connectivity index (χ0n) is 15.6. The van der Waals surface area contributed by atoms with Gasteiger partial charge in [-0.1, -0.05) is 17.8 Å². The molecule has 0 aliphatic rings. The highest BCUT2D eigenvalue weighted by molar-refractivity contribution is 8.33. The summed E-state index contributed by atoms with van der Waals surface area (Å²) >= 11 is -0.734. The van der Waals surface area contributed by atoms with E-state index in [2.05, 4.69) is 0 Å². The van der Waals surface area contributed by atoms with E-state index in [1.54, 1.807) is 12.1 Å². The Balaban J connectivity index is 1.95. The summed E-state index contributed by atoms with van der Waals surface area (Å²) < 4.78 is 25.3. The number of benzene rings is 1. The molecule has 0 aliphatic carbocycles. The Morgan fingerprint density at radius 1 is 1.30 bits per heavy atom. The van der Waals surface area contributed by atoms with Crippen molar-refractivity contribution in [3.63, 3.8) is 0 Å². The number of hydrogen-bond acceptors (Lipinski definition) is 6. The first-order valence-corrected chi connectivity index (χ1v) is 10.2. The van der Waals surface area contributed by atoms with E-state index in [9.17, 15) is 4.21 Å². The van der Waals surface area contributed by atoms with Gasteiger partial charge in [-0.2, -0.15) is 0 Å². The summed E-state index contributed by atoms with van der Waals surface area (Å²) in [5.74, 6) is 1.04. The van der Waals surface area contributed by atoms with Gasteiger partial charge in [0.2, 0.25) is 0 Å². The second-order valence-electron chi connectivity index (χ2n) is 5.81. The first-order valence-electron chi connectivity index (χ1n) is 8.36. The molecule has 0 spiro atoms. The lowest BCUT2D eigenvalue weighted by Gasteiger charge is -2.10. The van der Waals surface area contributed by atoms with Gasteiger partial charge in [0.05, 0.1) is 0 Å². The van der Waals surface area contributed by atoms with Crippen LogP contribution >= 0.6 is 11.8 Å². The molecule has 1 atom stereocenters. The standard InChI is InChI=1S/C19H23N3O3S2/c1-4-15(3)26-19(21)27(23)25-18-12-14(2)11-17(13-18)24-10-9-22-7-5-16(20)6-8-22/h4-8,11-13,20-21H,9-10H2,1-3H3/p+1/b15-4+,21-19?. The van der Waals surface area contributed by atoms with Gasteiger partial charge in [-0.15, -0.1) is 0 Å². The summed E-state index contributed by atoms with van der Waals surface area (Å²) in [5, 5.41) is 7.86. The van der Waals surface area contributed by atoms with Crippen LogP contribution in [-0.2, 0) is 17.6 Å². The number of pyridine rings is 1. The smallest absolute Gasteiger partial charge is 0.266 e. The third kappa shape index (κ3) is 7.07. The van der Waals surface area contributed by atoms with Crippen molar-refractivity contribution in [3.05, 3.63) is 59.3 Å². The molecule has 6 nitrogen and oxygen atoms in total. The summed E-state index contributed by atoms with van der Waals surface area (Å²) in [6.07, 6.45) is 5.64.